The summed E-state index contributed by atoms with van der Waals surface area (Å²) in [5.74, 6) is 0.769. The van der Waals surface area contributed by atoms with E-state index in [1.807, 2.05) is 47.2 Å². The van der Waals surface area contributed by atoms with E-state index in [1.165, 1.54) is 55.8 Å². The molecule has 0 atom stereocenters. The molecule has 0 saturated carbocycles. The molecule has 310 valence electrons. The second-order valence-corrected chi connectivity index (χ2v) is 20.7. The van der Waals surface area contributed by atoms with Crippen LogP contribution < -0.4 is 14.5 Å². The Morgan fingerprint density at radius 3 is 1.58 bits per heavy atom. The normalized spacial score (nSPS) is 15.5. The number of hydrogen-bond acceptors (Lipinski definition) is 11. The van der Waals surface area contributed by atoms with E-state index in [-0.39, 0.29) is 19.8 Å². The quantitative estimate of drug-likeness (QED) is 0.140. The lowest BCUT2D eigenvalue weighted by atomic mass is 10.1. The van der Waals surface area contributed by atoms with Crippen LogP contribution in [0, 0.1) is 6.92 Å². The molecule has 19 heteroatoms. The number of halogens is 4. The Morgan fingerprint density at radius 1 is 0.593 bits per heavy atom. The van der Waals surface area contributed by atoms with Gasteiger partial charge in [-0.2, -0.15) is 8.61 Å². The van der Waals surface area contributed by atoms with Crippen LogP contribution in [0.1, 0.15) is 5.56 Å². The van der Waals surface area contributed by atoms with Crippen LogP contribution in [0.3, 0.4) is 0 Å². The van der Waals surface area contributed by atoms with Crippen molar-refractivity contribution in [2.45, 2.75) is 16.7 Å². The number of thiazole rings is 2. The number of aromatic nitrogens is 2. The van der Waals surface area contributed by atoms with Gasteiger partial charge in [0.2, 0.25) is 20.0 Å². The average molecular weight is 953 g/mol. The second-order valence-electron chi connectivity index (χ2n) is 13.5. The summed E-state index contributed by atoms with van der Waals surface area (Å²) < 4.78 is 60.2. The molecule has 0 radical (unpaired) electrons. The Kier molecular flexibility index (Phi) is 13.8. The summed E-state index contributed by atoms with van der Waals surface area (Å²) in [6, 6.07) is 24.9. The van der Waals surface area contributed by atoms with Gasteiger partial charge in [-0.05, 0) is 61.5 Å². The first-order valence-corrected chi connectivity index (χ1v) is 24.4. The minimum Gasteiger partial charge on any atom is -0.496 e. The largest absolute Gasteiger partial charge is 0.496 e. The third-order valence-corrected chi connectivity index (χ3v) is 16.8. The standard InChI is InChI=1S/C20H19Cl2N3O3S2.C20H19Cl2N3O2S2/c1-28-18-5-3-2-4-15(18)17-13-29-20(23-17)24-8-10-25(11-9-24)30(26,27)19-7-6-14(21)12-16(19)22;1-14-3-2-4-15(11-14)18-13-28-20(23-18)24-7-9-25(10-8-24)29(26,27)19-6-5-16(21)12-17(19)22/h2-7,12-13H,8-11H2,1H3;2-6,11-13H,7-10H2,1H3. The van der Waals surface area contributed by atoms with Gasteiger partial charge in [-0.15, -0.1) is 22.7 Å². The summed E-state index contributed by atoms with van der Waals surface area (Å²) in [5, 5.41) is 6.88. The number of para-hydroxylation sites is 1. The summed E-state index contributed by atoms with van der Waals surface area (Å²) in [6.07, 6.45) is 0. The van der Waals surface area contributed by atoms with Crippen LogP contribution in [0.2, 0.25) is 20.1 Å². The number of sulfonamides is 2. The summed E-state index contributed by atoms with van der Waals surface area (Å²) in [5.41, 5.74) is 5.00. The van der Waals surface area contributed by atoms with Crippen molar-refractivity contribution in [3.63, 3.8) is 0 Å². The third-order valence-electron chi connectivity index (χ3n) is 9.72. The van der Waals surface area contributed by atoms with Gasteiger partial charge in [0.25, 0.3) is 0 Å². The lowest BCUT2D eigenvalue weighted by Crippen LogP contribution is -2.48. The van der Waals surface area contributed by atoms with Crippen molar-refractivity contribution in [2.24, 2.45) is 0 Å². The van der Waals surface area contributed by atoms with Gasteiger partial charge < -0.3 is 14.5 Å². The van der Waals surface area contributed by atoms with E-state index >= 15 is 0 Å². The Bertz CT molecular complexity index is 2660. The van der Waals surface area contributed by atoms with Crippen LogP contribution in [0.4, 0.5) is 10.3 Å². The van der Waals surface area contributed by atoms with E-state index in [2.05, 4.69) is 28.9 Å². The first-order chi connectivity index (χ1) is 28.2. The van der Waals surface area contributed by atoms with E-state index < -0.39 is 20.0 Å². The number of rotatable bonds is 9. The third kappa shape index (κ3) is 9.86. The van der Waals surface area contributed by atoms with Gasteiger partial charge in [0, 0.05) is 84.3 Å². The Morgan fingerprint density at radius 2 is 1.08 bits per heavy atom. The molecule has 0 spiro atoms. The van der Waals surface area contributed by atoms with Crippen LogP contribution in [0.5, 0.6) is 5.75 Å². The number of ether oxygens (including phenoxy) is 1. The minimum atomic E-state index is -3.68. The van der Waals surface area contributed by atoms with E-state index in [0.717, 1.165) is 38.5 Å². The first kappa shape index (κ1) is 43.6. The molecule has 4 aromatic carbocycles. The van der Waals surface area contributed by atoms with Crippen molar-refractivity contribution in [1.82, 2.24) is 18.6 Å². The molecule has 0 N–H and O–H groups in total. The molecule has 0 aliphatic carbocycles. The van der Waals surface area contributed by atoms with Gasteiger partial charge in [-0.3, -0.25) is 0 Å². The van der Waals surface area contributed by atoms with E-state index in [9.17, 15) is 16.8 Å². The Hall–Kier alpha value is -3.48. The van der Waals surface area contributed by atoms with Crippen LogP contribution in [0.25, 0.3) is 22.5 Å². The highest BCUT2D eigenvalue weighted by Crippen LogP contribution is 2.35. The van der Waals surface area contributed by atoms with E-state index in [1.54, 1.807) is 24.5 Å². The van der Waals surface area contributed by atoms with Gasteiger partial charge in [-0.25, -0.2) is 26.8 Å². The fraction of sp³-hybridized carbons (Fsp3) is 0.250. The fourth-order valence-electron chi connectivity index (χ4n) is 6.62. The molecule has 2 aliphatic heterocycles. The molecule has 0 bridgehead atoms. The number of methoxy groups -OCH3 is 1. The van der Waals surface area contributed by atoms with Gasteiger partial charge >= 0.3 is 0 Å². The van der Waals surface area contributed by atoms with Crippen molar-refractivity contribution in [3.05, 3.63) is 121 Å². The monoisotopic (exact) mass is 950 g/mol. The second kappa shape index (κ2) is 18.6. The highest BCUT2D eigenvalue weighted by atomic mass is 35.5. The van der Waals surface area contributed by atoms with Gasteiger partial charge in [0.1, 0.15) is 15.5 Å². The Labute approximate surface area is 372 Å². The van der Waals surface area contributed by atoms with Crippen molar-refractivity contribution in [3.8, 4) is 28.3 Å². The number of aryl methyl sites for hydroxylation is 1. The summed E-state index contributed by atoms with van der Waals surface area (Å²) in [7, 11) is -5.70. The predicted molar refractivity (Wildman–Crippen MR) is 241 cm³/mol. The van der Waals surface area contributed by atoms with Crippen molar-refractivity contribution >= 4 is 99.4 Å². The smallest absolute Gasteiger partial charge is 0.244 e. The molecule has 4 heterocycles. The average Bonchev–Trinajstić information content (AvgIpc) is 3.93. The molecule has 0 unspecified atom stereocenters. The zero-order valence-electron chi connectivity index (χ0n) is 31.8. The highest BCUT2D eigenvalue weighted by Gasteiger charge is 2.32. The molecule has 2 fully saturated rings. The number of anilines is 2. The number of hydrogen-bond donors (Lipinski definition) is 0. The maximum atomic E-state index is 13.0. The van der Waals surface area contributed by atoms with Crippen LogP contribution >= 0.6 is 69.1 Å². The molecule has 11 nitrogen and oxygen atoms in total. The zero-order valence-corrected chi connectivity index (χ0v) is 38.1. The highest BCUT2D eigenvalue weighted by molar-refractivity contribution is 7.89. The molecule has 0 amide bonds. The Balaban J connectivity index is 0.000000179. The zero-order chi connectivity index (χ0) is 41.9. The maximum absolute atomic E-state index is 13.0. The van der Waals surface area contributed by atoms with Crippen molar-refractivity contribution in [1.29, 1.82) is 0 Å². The lowest BCUT2D eigenvalue weighted by Gasteiger charge is -2.33. The molecule has 8 rings (SSSR count). The predicted octanol–water partition coefficient (Wildman–Crippen LogP) is 9.57. The molecule has 6 aromatic rings. The number of nitrogens with zero attached hydrogens (tertiary/aromatic N) is 6. The summed E-state index contributed by atoms with van der Waals surface area (Å²) >= 11 is 27.1. The van der Waals surface area contributed by atoms with Crippen molar-refractivity contribution in [2.75, 3.05) is 69.3 Å². The maximum Gasteiger partial charge on any atom is 0.244 e. The van der Waals surface area contributed by atoms with Crippen LogP contribution in [0.15, 0.2) is 105 Å². The fourth-order valence-corrected chi connectivity index (χ4v) is 12.7. The van der Waals surface area contributed by atoms with Crippen LogP contribution in [-0.2, 0) is 20.0 Å². The molecule has 2 saturated heterocycles. The van der Waals surface area contributed by atoms with E-state index in [4.69, 9.17) is 61.1 Å². The topological polar surface area (TPSA) is 116 Å². The summed E-state index contributed by atoms with van der Waals surface area (Å²) in [4.78, 5) is 13.9. The molecule has 2 aliphatic rings. The number of piperazine rings is 2. The number of benzene rings is 4. The van der Waals surface area contributed by atoms with E-state index in [0.29, 0.717) is 62.4 Å². The van der Waals surface area contributed by atoms with Gasteiger partial charge in [0.05, 0.1) is 28.5 Å². The van der Waals surface area contributed by atoms with Crippen molar-refractivity contribution < 1.29 is 21.6 Å². The minimum absolute atomic E-state index is 0.0784. The van der Waals surface area contributed by atoms with Gasteiger partial charge in [0.15, 0.2) is 10.3 Å². The van der Waals surface area contributed by atoms with Crippen LogP contribution in [-0.4, -0.2) is 94.9 Å². The molecule has 59 heavy (non-hydrogen) atoms. The lowest BCUT2D eigenvalue weighted by molar-refractivity contribution is 0.384. The molecule has 2 aromatic heterocycles. The molecular weight excluding hydrogens is 915 g/mol. The van der Waals surface area contributed by atoms with Gasteiger partial charge in [-0.1, -0.05) is 82.3 Å². The molecular formula is C40H38Cl4N6O5S4. The summed E-state index contributed by atoms with van der Waals surface area (Å²) in [6.45, 7) is 5.75. The first-order valence-electron chi connectivity index (χ1n) is 18.3. The SMILES string of the molecule is COc1ccccc1-c1csc(N2CCN(S(=O)(=O)c3ccc(Cl)cc3Cl)CC2)n1.Cc1cccc(-c2csc(N3CCN(S(=O)(=O)c4ccc(Cl)cc4Cl)CC3)n2)c1.